The van der Waals surface area contributed by atoms with Crippen molar-refractivity contribution in [3.63, 3.8) is 0 Å². The Bertz CT molecular complexity index is 1320. The van der Waals surface area contributed by atoms with Crippen molar-refractivity contribution in [3.05, 3.63) is 53.1 Å². The van der Waals surface area contributed by atoms with Crippen LogP contribution in [0.4, 0.5) is 5.69 Å². The Hall–Kier alpha value is -2.83. The second kappa shape index (κ2) is 10.7. The van der Waals surface area contributed by atoms with Crippen molar-refractivity contribution < 1.29 is 15.0 Å². The van der Waals surface area contributed by atoms with Crippen LogP contribution in [0, 0.1) is 6.92 Å². The van der Waals surface area contributed by atoms with Gasteiger partial charge in [-0.15, -0.1) is 0 Å². The number of aromatic carboxylic acids is 1. The first kappa shape index (κ1) is 25.4. The Morgan fingerprint density at radius 3 is 2.55 bits per heavy atom. The molecule has 1 unspecified atom stereocenters. The van der Waals surface area contributed by atoms with Gasteiger partial charge in [-0.05, 0) is 80.8 Å². The number of carboxylic acid groups (broad SMARTS) is 1. The van der Waals surface area contributed by atoms with Crippen LogP contribution in [0.5, 0.6) is 0 Å². The SMILES string of the molecule is Cc1ccc2c(c1)N(CCN1CCCC(O)CC1)CCn1c-2c(C2CCCCC2)c2ccc(C(=O)O)cc21. The highest BCUT2D eigenvalue weighted by Crippen LogP contribution is 2.47. The van der Waals surface area contributed by atoms with E-state index in [1.54, 1.807) is 6.07 Å². The zero-order chi connectivity index (χ0) is 26.2. The fourth-order valence-corrected chi connectivity index (χ4v) is 7.14. The predicted octanol–water partition coefficient (Wildman–Crippen LogP) is 6.03. The quantitative estimate of drug-likeness (QED) is 0.434. The van der Waals surface area contributed by atoms with Gasteiger partial charge in [0.05, 0.1) is 17.4 Å². The molecule has 2 fully saturated rings. The van der Waals surface area contributed by atoms with Gasteiger partial charge in [0, 0.05) is 54.9 Å². The van der Waals surface area contributed by atoms with Crippen LogP contribution < -0.4 is 4.90 Å². The van der Waals surface area contributed by atoms with Crippen LogP contribution in [-0.2, 0) is 6.54 Å². The van der Waals surface area contributed by atoms with Gasteiger partial charge < -0.3 is 24.6 Å². The monoisotopic (exact) mass is 515 g/mol. The number of nitrogens with zero attached hydrogens (tertiary/aromatic N) is 3. The van der Waals surface area contributed by atoms with E-state index in [9.17, 15) is 15.0 Å². The molecular formula is C32H41N3O3. The van der Waals surface area contributed by atoms with Crippen molar-refractivity contribution in [2.75, 3.05) is 37.6 Å². The third-order valence-corrected chi connectivity index (χ3v) is 9.18. The fourth-order valence-electron chi connectivity index (χ4n) is 7.14. The maximum atomic E-state index is 11.9. The molecule has 2 N–H and O–H groups in total. The molecule has 38 heavy (non-hydrogen) atoms. The molecule has 3 heterocycles. The lowest BCUT2D eigenvalue weighted by Crippen LogP contribution is -2.37. The number of hydrogen-bond donors (Lipinski definition) is 2. The summed E-state index contributed by atoms with van der Waals surface area (Å²) in [6, 6.07) is 12.6. The molecule has 6 heteroatoms. The van der Waals surface area contributed by atoms with Crippen LogP contribution in [0.1, 0.15) is 78.8 Å². The Labute approximate surface area is 225 Å². The average Bonchev–Trinajstić information content (AvgIpc) is 3.01. The molecule has 1 aromatic heterocycles. The number of aryl methyl sites for hydroxylation is 1. The van der Waals surface area contributed by atoms with E-state index in [0.29, 0.717) is 11.5 Å². The molecule has 0 amide bonds. The summed E-state index contributed by atoms with van der Waals surface area (Å²) >= 11 is 0. The van der Waals surface area contributed by atoms with E-state index in [4.69, 9.17) is 0 Å². The molecule has 202 valence electrons. The molecule has 2 aliphatic heterocycles. The zero-order valence-corrected chi connectivity index (χ0v) is 22.7. The topological polar surface area (TPSA) is 68.9 Å². The van der Waals surface area contributed by atoms with Crippen LogP contribution in [0.25, 0.3) is 22.2 Å². The third-order valence-electron chi connectivity index (χ3n) is 9.18. The fraction of sp³-hybridized carbons (Fsp3) is 0.531. The summed E-state index contributed by atoms with van der Waals surface area (Å²) in [5, 5.41) is 21.1. The molecule has 2 aromatic carbocycles. The molecule has 3 aliphatic rings. The van der Waals surface area contributed by atoms with Gasteiger partial charge in [-0.2, -0.15) is 0 Å². The van der Waals surface area contributed by atoms with Crippen molar-refractivity contribution >= 4 is 22.6 Å². The number of fused-ring (bicyclic) bond motifs is 5. The Balaban J connectivity index is 1.43. The minimum atomic E-state index is -0.865. The summed E-state index contributed by atoms with van der Waals surface area (Å²) in [6.45, 7) is 7.88. The number of aliphatic hydroxyl groups excluding tert-OH is 1. The highest BCUT2D eigenvalue weighted by molar-refractivity contribution is 5.99. The number of carboxylic acids is 1. The molecule has 3 aromatic rings. The number of hydrogen-bond acceptors (Lipinski definition) is 4. The van der Waals surface area contributed by atoms with Crippen LogP contribution in [0.15, 0.2) is 36.4 Å². The predicted molar refractivity (Wildman–Crippen MR) is 153 cm³/mol. The number of anilines is 1. The summed E-state index contributed by atoms with van der Waals surface area (Å²) < 4.78 is 2.43. The van der Waals surface area contributed by atoms with E-state index in [1.165, 1.54) is 65.6 Å². The summed E-state index contributed by atoms with van der Waals surface area (Å²) in [5.41, 5.74) is 8.03. The van der Waals surface area contributed by atoms with Gasteiger partial charge >= 0.3 is 5.97 Å². The molecule has 1 aliphatic carbocycles. The molecular weight excluding hydrogens is 474 g/mol. The first-order valence-corrected chi connectivity index (χ1v) is 14.7. The van der Waals surface area contributed by atoms with Crippen LogP contribution >= 0.6 is 0 Å². The van der Waals surface area contributed by atoms with Gasteiger partial charge in [0.1, 0.15) is 0 Å². The second-order valence-corrected chi connectivity index (χ2v) is 11.7. The van der Waals surface area contributed by atoms with E-state index in [-0.39, 0.29) is 6.10 Å². The zero-order valence-electron chi connectivity index (χ0n) is 22.7. The number of benzene rings is 2. The van der Waals surface area contributed by atoms with Crippen molar-refractivity contribution in [1.29, 1.82) is 0 Å². The van der Waals surface area contributed by atoms with Gasteiger partial charge in [0.25, 0.3) is 0 Å². The Kier molecular flexibility index (Phi) is 7.19. The minimum Gasteiger partial charge on any atom is -0.478 e. The number of aromatic nitrogens is 1. The highest BCUT2D eigenvalue weighted by Gasteiger charge is 2.31. The smallest absolute Gasteiger partial charge is 0.335 e. The lowest BCUT2D eigenvalue weighted by Gasteiger charge is -2.29. The molecule has 0 bridgehead atoms. The average molecular weight is 516 g/mol. The minimum absolute atomic E-state index is 0.158. The normalized spacial score (nSPS) is 21.1. The van der Waals surface area contributed by atoms with E-state index >= 15 is 0 Å². The van der Waals surface area contributed by atoms with Crippen LogP contribution in [0.2, 0.25) is 0 Å². The summed E-state index contributed by atoms with van der Waals surface area (Å²) in [5.74, 6) is -0.349. The van der Waals surface area contributed by atoms with E-state index in [0.717, 1.165) is 64.0 Å². The summed E-state index contributed by atoms with van der Waals surface area (Å²) in [7, 11) is 0. The third kappa shape index (κ3) is 4.85. The van der Waals surface area contributed by atoms with Crippen molar-refractivity contribution in [2.24, 2.45) is 0 Å². The van der Waals surface area contributed by atoms with Crippen LogP contribution in [-0.4, -0.2) is 64.5 Å². The van der Waals surface area contributed by atoms with E-state index in [2.05, 4.69) is 45.6 Å². The van der Waals surface area contributed by atoms with Crippen molar-refractivity contribution in [2.45, 2.75) is 76.9 Å². The van der Waals surface area contributed by atoms with Crippen LogP contribution in [0.3, 0.4) is 0 Å². The molecule has 6 rings (SSSR count). The summed E-state index contributed by atoms with van der Waals surface area (Å²) in [4.78, 5) is 17.0. The molecule has 0 spiro atoms. The molecule has 6 nitrogen and oxygen atoms in total. The van der Waals surface area contributed by atoms with Gasteiger partial charge in [-0.3, -0.25) is 0 Å². The van der Waals surface area contributed by atoms with Gasteiger partial charge in [-0.1, -0.05) is 37.5 Å². The first-order valence-electron chi connectivity index (χ1n) is 14.7. The number of rotatable bonds is 5. The number of aliphatic hydroxyl groups is 1. The Morgan fingerprint density at radius 2 is 1.74 bits per heavy atom. The standard InChI is InChI=1S/C32H41N3O3/c1-22-9-11-27-28(20-22)34(17-16-33-14-5-8-25(36)13-15-33)18-19-35-29-21-24(32(37)38)10-12-26(29)30(31(27)35)23-6-3-2-4-7-23/h9-12,20-21,23,25,36H,2-8,13-19H2,1H3,(H,37,38). The number of likely N-dealkylation sites (tertiary alicyclic amines) is 1. The maximum absolute atomic E-state index is 11.9. The van der Waals surface area contributed by atoms with E-state index in [1.807, 2.05) is 6.07 Å². The van der Waals surface area contributed by atoms with Gasteiger partial charge in [0.15, 0.2) is 0 Å². The van der Waals surface area contributed by atoms with Crippen molar-refractivity contribution in [1.82, 2.24) is 9.47 Å². The van der Waals surface area contributed by atoms with Gasteiger partial charge in [-0.25, -0.2) is 4.79 Å². The molecule has 0 radical (unpaired) electrons. The highest BCUT2D eigenvalue weighted by atomic mass is 16.4. The molecule has 1 saturated carbocycles. The molecule has 1 saturated heterocycles. The lowest BCUT2D eigenvalue weighted by atomic mass is 9.81. The summed E-state index contributed by atoms with van der Waals surface area (Å²) in [6.07, 6.45) is 8.93. The first-order chi connectivity index (χ1) is 18.5. The van der Waals surface area contributed by atoms with Crippen molar-refractivity contribution in [3.8, 4) is 11.3 Å². The largest absolute Gasteiger partial charge is 0.478 e. The lowest BCUT2D eigenvalue weighted by molar-refractivity contribution is 0.0697. The Morgan fingerprint density at radius 1 is 0.895 bits per heavy atom. The van der Waals surface area contributed by atoms with Gasteiger partial charge in [0.2, 0.25) is 0 Å². The molecule has 1 atom stereocenters. The maximum Gasteiger partial charge on any atom is 0.335 e. The number of carbonyl (C=O) groups is 1. The van der Waals surface area contributed by atoms with E-state index < -0.39 is 5.97 Å². The second-order valence-electron chi connectivity index (χ2n) is 11.7.